The fraction of sp³-hybridized carbons (Fsp3) is 1.00. The molecule has 0 spiro atoms. The van der Waals surface area contributed by atoms with Crippen molar-refractivity contribution in [1.29, 1.82) is 0 Å². The zero-order valence-corrected chi connectivity index (χ0v) is 9.36. The molecule has 0 heterocycles. The third kappa shape index (κ3) is 8.69. The fourth-order valence-corrected chi connectivity index (χ4v) is 1.54. The fourth-order valence-electron chi connectivity index (χ4n) is 0.394. The molecule has 0 aromatic rings. The zero-order chi connectivity index (χ0) is 9.61. The second-order valence-corrected chi connectivity index (χ2v) is 5.37. The summed E-state index contributed by atoms with van der Waals surface area (Å²) in [5.41, 5.74) is 0.0953. The maximum absolute atomic E-state index is 8.41. The SMILES string of the molecule is CC(C)(C)COP(Cl)OCCO. The molecule has 0 amide bonds. The number of rotatable bonds is 5. The van der Waals surface area contributed by atoms with Gasteiger partial charge in [-0.05, 0) is 16.7 Å². The van der Waals surface area contributed by atoms with Crippen molar-refractivity contribution in [3.05, 3.63) is 0 Å². The Morgan fingerprint density at radius 2 is 1.92 bits per heavy atom. The minimum absolute atomic E-state index is 0.0234. The summed E-state index contributed by atoms with van der Waals surface area (Å²) in [6, 6.07) is 0. The summed E-state index contributed by atoms with van der Waals surface area (Å²) < 4.78 is 10.1. The van der Waals surface area contributed by atoms with E-state index in [1.165, 1.54) is 0 Å². The summed E-state index contributed by atoms with van der Waals surface area (Å²) in [6.07, 6.45) is 0. The number of hydrogen-bond acceptors (Lipinski definition) is 3. The van der Waals surface area contributed by atoms with Gasteiger partial charge in [-0.25, -0.2) is 0 Å². The molecule has 0 aromatic carbocycles. The van der Waals surface area contributed by atoms with Gasteiger partial charge >= 0.3 is 0 Å². The standard InChI is InChI=1S/C7H16ClO3P/c1-7(2,3)6-11-12(8)10-5-4-9/h9H,4-6H2,1-3H3. The lowest BCUT2D eigenvalue weighted by atomic mass is 9.99. The van der Waals surface area contributed by atoms with Gasteiger partial charge in [-0.2, -0.15) is 0 Å². The second-order valence-electron chi connectivity index (χ2n) is 3.60. The Labute approximate surface area is 79.7 Å². The van der Waals surface area contributed by atoms with Crippen LogP contribution in [-0.4, -0.2) is 24.9 Å². The van der Waals surface area contributed by atoms with Crippen molar-refractivity contribution in [3.8, 4) is 0 Å². The average Bonchev–Trinajstić information content (AvgIpc) is 1.95. The smallest absolute Gasteiger partial charge is 0.276 e. The summed E-state index contributed by atoms with van der Waals surface area (Å²) in [5, 5.41) is 8.41. The van der Waals surface area contributed by atoms with Gasteiger partial charge in [0.2, 0.25) is 0 Å². The first-order chi connectivity index (χ1) is 5.45. The topological polar surface area (TPSA) is 38.7 Å². The molecule has 0 saturated carbocycles. The molecule has 74 valence electrons. The molecule has 12 heavy (non-hydrogen) atoms. The van der Waals surface area contributed by atoms with E-state index in [9.17, 15) is 0 Å². The molecule has 3 nitrogen and oxygen atoms in total. The lowest BCUT2D eigenvalue weighted by Gasteiger charge is -2.19. The van der Waals surface area contributed by atoms with Crippen LogP contribution in [0.3, 0.4) is 0 Å². The highest BCUT2D eigenvalue weighted by Gasteiger charge is 2.14. The van der Waals surface area contributed by atoms with Crippen LogP contribution >= 0.6 is 19.0 Å². The van der Waals surface area contributed by atoms with E-state index in [1.807, 2.05) is 0 Å². The minimum Gasteiger partial charge on any atom is -0.394 e. The van der Waals surface area contributed by atoms with Crippen LogP contribution in [0.2, 0.25) is 0 Å². The number of aliphatic hydroxyl groups excluding tert-OH is 1. The molecule has 0 aliphatic heterocycles. The molecule has 0 aliphatic rings. The Kier molecular flexibility index (Phi) is 6.42. The van der Waals surface area contributed by atoms with Crippen LogP contribution in [0, 0.1) is 5.41 Å². The summed E-state index contributed by atoms with van der Waals surface area (Å²) in [6.45, 7) is 6.94. The molecule has 0 rings (SSSR count). The highest BCUT2D eigenvalue weighted by molar-refractivity contribution is 7.76. The first-order valence-electron chi connectivity index (χ1n) is 3.78. The van der Waals surface area contributed by atoms with E-state index in [0.717, 1.165) is 0 Å². The van der Waals surface area contributed by atoms with Crippen LogP contribution in [0.1, 0.15) is 20.8 Å². The third-order valence-corrected chi connectivity index (χ3v) is 2.19. The van der Waals surface area contributed by atoms with Gasteiger partial charge in [0.25, 0.3) is 7.73 Å². The van der Waals surface area contributed by atoms with Crippen molar-refractivity contribution in [2.75, 3.05) is 19.8 Å². The highest BCUT2D eigenvalue weighted by Crippen LogP contribution is 2.44. The van der Waals surface area contributed by atoms with Gasteiger partial charge < -0.3 is 14.2 Å². The molecule has 0 saturated heterocycles. The lowest BCUT2D eigenvalue weighted by molar-refractivity contribution is 0.163. The first-order valence-corrected chi connectivity index (χ1v) is 5.86. The monoisotopic (exact) mass is 214 g/mol. The van der Waals surface area contributed by atoms with E-state index in [0.29, 0.717) is 6.61 Å². The minimum atomic E-state index is -1.34. The Morgan fingerprint density at radius 3 is 2.33 bits per heavy atom. The Balaban J connectivity index is 3.37. The summed E-state index contributed by atoms with van der Waals surface area (Å²) >= 11 is 5.67. The van der Waals surface area contributed by atoms with Gasteiger partial charge in [0.05, 0.1) is 19.8 Å². The molecule has 1 unspecified atom stereocenters. The number of halogens is 1. The van der Waals surface area contributed by atoms with E-state index in [-0.39, 0.29) is 18.6 Å². The molecule has 0 radical (unpaired) electrons. The number of aliphatic hydroxyl groups is 1. The van der Waals surface area contributed by atoms with Crippen molar-refractivity contribution < 1.29 is 14.2 Å². The van der Waals surface area contributed by atoms with Crippen LogP contribution in [0.15, 0.2) is 0 Å². The van der Waals surface area contributed by atoms with E-state index in [2.05, 4.69) is 20.8 Å². The molecule has 1 atom stereocenters. The van der Waals surface area contributed by atoms with Crippen molar-refractivity contribution in [2.24, 2.45) is 5.41 Å². The van der Waals surface area contributed by atoms with Crippen LogP contribution in [0.25, 0.3) is 0 Å². The maximum Gasteiger partial charge on any atom is 0.276 e. The Bertz CT molecular complexity index is 116. The molecule has 0 fully saturated rings. The highest BCUT2D eigenvalue weighted by atomic mass is 35.7. The van der Waals surface area contributed by atoms with E-state index >= 15 is 0 Å². The normalized spacial score (nSPS) is 14.8. The van der Waals surface area contributed by atoms with Crippen LogP contribution < -0.4 is 0 Å². The zero-order valence-electron chi connectivity index (χ0n) is 7.71. The van der Waals surface area contributed by atoms with Crippen LogP contribution in [-0.2, 0) is 9.05 Å². The lowest BCUT2D eigenvalue weighted by Crippen LogP contribution is -2.12. The second kappa shape index (κ2) is 6.11. The van der Waals surface area contributed by atoms with Gasteiger partial charge in [-0.15, -0.1) is 0 Å². The number of hydrogen-bond donors (Lipinski definition) is 1. The predicted molar refractivity (Wildman–Crippen MR) is 51.2 cm³/mol. The van der Waals surface area contributed by atoms with Gasteiger partial charge in [-0.1, -0.05) is 20.8 Å². The van der Waals surface area contributed by atoms with Gasteiger partial charge in [-0.3, -0.25) is 0 Å². The maximum atomic E-state index is 8.41. The van der Waals surface area contributed by atoms with E-state index in [1.54, 1.807) is 0 Å². The molecule has 5 heteroatoms. The summed E-state index contributed by atoms with van der Waals surface area (Å²) in [7, 11) is -1.34. The largest absolute Gasteiger partial charge is 0.394 e. The molecule has 0 aromatic heterocycles. The van der Waals surface area contributed by atoms with Crippen molar-refractivity contribution in [2.45, 2.75) is 20.8 Å². The Morgan fingerprint density at radius 1 is 1.33 bits per heavy atom. The van der Waals surface area contributed by atoms with Crippen LogP contribution in [0.4, 0.5) is 0 Å². The molecule has 0 aliphatic carbocycles. The van der Waals surface area contributed by atoms with Crippen molar-refractivity contribution in [1.82, 2.24) is 0 Å². The average molecular weight is 215 g/mol. The van der Waals surface area contributed by atoms with Crippen molar-refractivity contribution in [3.63, 3.8) is 0 Å². The van der Waals surface area contributed by atoms with E-state index < -0.39 is 7.73 Å². The van der Waals surface area contributed by atoms with Crippen LogP contribution in [0.5, 0.6) is 0 Å². The molecular weight excluding hydrogens is 199 g/mol. The summed E-state index contributed by atoms with van der Waals surface area (Å²) in [5.74, 6) is 0. The van der Waals surface area contributed by atoms with Gasteiger partial charge in [0.15, 0.2) is 0 Å². The molecule has 0 bridgehead atoms. The van der Waals surface area contributed by atoms with Crippen molar-refractivity contribution >= 4 is 19.0 Å². The first kappa shape index (κ1) is 12.6. The molecular formula is C7H16ClO3P. The molecule has 1 N–H and O–H groups in total. The predicted octanol–water partition coefficient (Wildman–Crippen LogP) is 2.52. The third-order valence-electron chi connectivity index (χ3n) is 0.883. The Hall–Kier alpha value is 0.600. The van der Waals surface area contributed by atoms with Gasteiger partial charge in [0, 0.05) is 0 Å². The summed E-state index contributed by atoms with van der Waals surface area (Å²) in [4.78, 5) is 0. The van der Waals surface area contributed by atoms with E-state index in [4.69, 9.17) is 25.4 Å². The quantitative estimate of drug-likeness (QED) is 0.715. The van der Waals surface area contributed by atoms with Gasteiger partial charge in [0.1, 0.15) is 0 Å².